The second-order valence-electron chi connectivity index (χ2n) is 4.93. The van der Waals surface area contributed by atoms with Crippen LogP contribution in [-0.2, 0) is 0 Å². The van der Waals surface area contributed by atoms with Gasteiger partial charge in [-0.1, -0.05) is 0 Å². The van der Waals surface area contributed by atoms with Gasteiger partial charge in [0.05, 0.1) is 29.2 Å². The lowest BCUT2D eigenvalue weighted by Crippen LogP contribution is -2.37. The van der Waals surface area contributed by atoms with Gasteiger partial charge in [0.25, 0.3) is 5.91 Å². The van der Waals surface area contributed by atoms with Crippen molar-refractivity contribution in [2.45, 2.75) is 18.9 Å². The fourth-order valence-electron chi connectivity index (χ4n) is 2.72. The van der Waals surface area contributed by atoms with E-state index >= 15 is 0 Å². The summed E-state index contributed by atoms with van der Waals surface area (Å²) in [6.07, 6.45) is 1.61. The van der Waals surface area contributed by atoms with Crippen LogP contribution in [-0.4, -0.2) is 45.1 Å². The third-order valence-electron chi connectivity index (χ3n) is 3.67. The maximum Gasteiger partial charge on any atom is 0.256 e. The summed E-state index contributed by atoms with van der Waals surface area (Å²) in [6, 6.07) is 2.31. The van der Waals surface area contributed by atoms with Crippen LogP contribution in [0.2, 0.25) is 0 Å². The van der Waals surface area contributed by atoms with Crippen LogP contribution in [0.3, 0.4) is 0 Å². The minimum Gasteiger partial charge on any atom is -0.394 e. The number of likely N-dealkylation sites (tertiary alicyclic amines) is 1. The van der Waals surface area contributed by atoms with Crippen molar-refractivity contribution >= 4 is 29.2 Å². The van der Waals surface area contributed by atoms with Gasteiger partial charge in [0.15, 0.2) is 4.77 Å². The fraction of sp³-hybridized carbons (Fsp3) is 0.385. The molecule has 106 valence electrons. The highest BCUT2D eigenvalue weighted by molar-refractivity contribution is 7.71. The first kappa shape index (κ1) is 13.3. The molecule has 0 aliphatic carbocycles. The monoisotopic (exact) mass is 295 g/mol. The molecule has 1 atom stereocenters. The molecular weight excluding hydrogens is 281 g/mol. The van der Waals surface area contributed by atoms with Gasteiger partial charge in [-0.2, -0.15) is 0 Å². The number of halogens is 1. The van der Waals surface area contributed by atoms with Crippen LogP contribution in [0.15, 0.2) is 12.1 Å². The summed E-state index contributed by atoms with van der Waals surface area (Å²) in [5.74, 6) is -0.776. The molecule has 20 heavy (non-hydrogen) atoms. The Morgan fingerprint density at radius 2 is 2.30 bits per heavy atom. The normalized spacial score (nSPS) is 18.9. The van der Waals surface area contributed by atoms with Gasteiger partial charge in [-0.15, -0.1) is 0 Å². The Bertz CT molecular complexity index is 724. The van der Waals surface area contributed by atoms with E-state index < -0.39 is 5.82 Å². The molecule has 1 fully saturated rings. The molecule has 0 saturated carbocycles. The van der Waals surface area contributed by atoms with Gasteiger partial charge in [0.1, 0.15) is 5.82 Å². The number of rotatable bonds is 2. The Kier molecular flexibility index (Phi) is 3.31. The quantitative estimate of drug-likeness (QED) is 0.742. The van der Waals surface area contributed by atoms with Crippen LogP contribution in [0, 0.1) is 10.6 Å². The number of hydrogen-bond acceptors (Lipinski definition) is 3. The highest BCUT2D eigenvalue weighted by atomic mass is 32.1. The maximum atomic E-state index is 13.6. The van der Waals surface area contributed by atoms with E-state index in [9.17, 15) is 14.3 Å². The van der Waals surface area contributed by atoms with Crippen LogP contribution in [0.1, 0.15) is 23.2 Å². The van der Waals surface area contributed by atoms with Crippen molar-refractivity contribution in [2.24, 2.45) is 0 Å². The lowest BCUT2D eigenvalue weighted by atomic mass is 10.1. The molecular formula is C13H14FN3O2S. The van der Waals surface area contributed by atoms with Crippen molar-refractivity contribution in [3.8, 4) is 0 Å². The molecule has 0 unspecified atom stereocenters. The molecule has 0 radical (unpaired) electrons. The Morgan fingerprint density at radius 3 is 3.05 bits per heavy atom. The summed E-state index contributed by atoms with van der Waals surface area (Å²) in [4.78, 5) is 19.9. The fourth-order valence-corrected chi connectivity index (χ4v) is 2.94. The molecule has 5 nitrogen and oxygen atoms in total. The first-order valence-corrected chi connectivity index (χ1v) is 6.84. The SMILES string of the molecule is O=C(c1cc(F)cc2[nH]c(=S)[nH]c12)N1CCC[C@H]1CO. The Morgan fingerprint density at radius 1 is 1.50 bits per heavy atom. The molecule has 1 saturated heterocycles. The zero-order valence-corrected chi connectivity index (χ0v) is 11.5. The van der Waals surface area contributed by atoms with Crippen molar-refractivity contribution in [3.63, 3.8) is 0 Å². The van der Waals surface area contributed by atoms with Crippen LogP contribution in [0.4, 0.5) is 4.39 Å². The van der Waals surface area contributed by atoms with Crippen LogP contribution in [0.25, 0.3) is 11.0 Å². The number of amides is 1. The molecule has 1 aliphatic rings. The smallest absolute Gasteiger partial charge is 0.256 e. The topological polar surface area (TPSA) is 72.1 Å². The number of aromatic amines is 2. The van der Waals surface area contributed by atoms with Crippen molar-refractivity contribution in [1.29, 1.82) is 0 Å². The molecule has 3 rings (SSSR count). The van der Waals surface area contributed by atoms with Crippen molar-refractivity contribution in [2.75, 3.05) is 13.2 Å². The largest absolute Gasteiger partial charge is 0.394 e. The molecule has 1 aromatic heterocycles. The molecule has 1 aromatic carbocycles. The van der Waals surface area contributed by atoms with E-state index in [0.29, 0.717) is 22.3 Å². The summed E-state index contributed by atoms with van der Waals surface area (Å²) >= 11 is 4.98. The first-order chi connectivity index (χ1) is 9.60. The van der Waals surface area contributed by atoms with Crippen LogP contribution in [0.5, 0.6) is 0 Å². The molecule has 2 heterocycles. The Hall–Kier alpha value is -1.73. The first-order valence-electron chi connectivity index (χ1n) is 6.43. The van der Waals surface area contributed by atoms with Crippen molar-refractivity contribution < 1.29 is 14.3 Å². The number of imidazole rings is 1. The minimum absolute atomic E-state index is 0.0761. The van der Waals surface area contributed by atoms with E-state index in [0.717, 1.165) is 12.8 Å². The Labute approximate surface area is 119 Å². The lowest BCUT2D eigenvalue weighted by Gasteiger charge is -2.23. The van der Waals surface area contributed by atoms with E-state index in [1.165, 1.54) is 12.1 Å². The minimum atomic E-state index is -0.495. The van der Waals surface area contributed by atoms with Gasteiger partial charge in [-0.25, -0.2) is 4.39 Å². The van der Waals surface area contributed by atoms with Crippen molar-refractivity contribution in [1.82, 2.24) is 14.9 Å². The standard InChI is InChI=1S/C13H14FN3O2S/c14-7-4-9(11-10(5-7)15-13(20)16-11)12(19)17-3-1-2-8(17)6-18/h4-5,8,18H,1-3,6H2,(H2,15,16,20)/t8-/m0/s1. The third kappa shape index (κ3) is 2.12. The Balaban J connectivity index is 2.09. The molecule has 1 amide bonds. The summed E-state index contributed by atoms with van der Waals surface area (Å²) in [6.45, 7) is 0.501. The van der Waals surface area contributed by atoms with Gasteiger partial charge in [0, 0.05) is 6.54 Å². The third-order valence-corrected chi connectivity index (χ3v) is 3.87. The number of H-pyrrole nitrogens is 2. The zero-order chi connectivity index (χ0) is 14.3. The van der Waals surface area contributed by atoms with E-state index in [-0.39, 0.29) is 24.1 Å². The van der Waals surface area contributed by atoms with Gasteiger partial charge < -0.3 is 20.0 Å². The maximum absolute atomic E-state index is 13.6. The highest BCUT2D eigenvalue weighted by Crippen LogP contribution is 2.24. The molecule has 2 aromatic rings. The number of fused-ring (bicyclic) bond motifs is 1. The van der Waals surface area contributed by atoms with Crippen LogP contribution < -0.4 is 0 Å². The lowest BCUT2D eigenvalue weighted by molar-refractivity contribution is 0.0679. The van der Waals surface area contributed by atoms with Gasteiger partial charge in [-0.05, 0) is 37.2 Å². The average Bonchev–Trinajstić information content (AvgIpc) is 3.01. The number of hydrogen-bond donors (Lipinski definition) is 3. The summed E-state index contributed by atoms with van der Waals surface area (Å²) in [5, 5.41) is 9.31. The van der Waals surface area contributed by atoms with Gasteiger partial charge in [-0.3, -0.25) is 4.79 Å². The zero-order valence-electron chi connectivity index (χ0n) is 10.6. The van der Waals surface area contributed by atoms with Gasteiger partial charge >= 0.3 is 0 Å². The summed E-state index contributed by atoms with van der Waals surface area (Å²) in [5.41, 5.74) is 1.22. The second kappa shape index (κ2) is 4.99. The number of aliphatic hydroxyl groups is 1. The average molecular weight is 295 g/mol. The number of aliphatic hydroxyl groups excluding tert-OH is 1. The van der Waals surface area contributed by atoms with E-state index in [2.05, 4.69) is 9.97 Å². The number of nitrogens with zero attached hydrogens (tertiary/aromatic N) is 1. The molecule has 0 spiro atoms. The second-order valence-corrected chi connectivity index (χ2v) is 5.34. The number of benzene rings is 1. The van der Waals surface area contributed by atoms with Gasteiger partial charge in [0.2, 0.25) is 0 Å². The predicted octanol–water partition coefficient (Wildman–Crippen LogP) is 1.96. The number of carbonyl (C=O) groups excluding carboxylic acids is 1. The van der Waals surface area contributed by atoms with E-state index in [4.69, 9.17) is 12.2 Å². The predicted molar refractivity (Wildman–Crippen MR) is 74.6 cm³/mol. The molecule has 7 heteroatoms. The number of aromatic nitrogens is 2. The van der Waals surface area contributed by atoms with Crippen molar-refractivity contribution in [3.05, 3.63) is 28.3 Å². The molecule has 1 aliphatic heterocycles. The summed E-state index contributed by atoms with van der Waals surface area (Å²) < 4.78 is 14.0. The highest BCUT2D eigenvalue weighted by Gasteiger charge is 2.30. The van der Waals surface area contributed by atoms with Crippen LogP contribution >= 0.6 is 12.2 Å². The number of nitrogens with one attached hydrogen (secondary N) is 2. The van der Waals surface area contributed by atoms with E-state index in [1.54, 1.807) is 4.90 Å². The summed E-state index contributed by atoms with van der Waals surface area (Å²) in [7, 11) is 0. The molecule has 3 N–H and O–H groups in total. The molecule has 0 bridgehead atoms. The number of carbonyl (C=O) groups is 1. The van der Waals surface area contributed by atoms with E-state index in [1.807, 2.05) is 0 Å².